The fraction of sp³-hybridized carbons (Fsp3) is 0.292. The predicted octanol–water partition coefficient (Wildman–Crippen LogP) is 2.82. The van der Waals surface area contributed by atoms with Crippen molar-refractivity contribution in [3.63, 3.8) is 0 Å². The van der Waals surface area contributed by atoms with E-state index in [-0.39, 0.29) is 16.9 Å². The van der Waals surface area contributed by atoms with Gasteiger partial charge in [-0.25, -0.2) is 14.4 Å². The quantitative estimate of drug-likeness (QED) is 0.480. The number of thioether (sulfide) groups is 1. The molecule has 0 aliphatic carbocycles. The summed E-state index contributed by atoms with van der Waals surface area (Å²) in [6.45, 7) is 0. The molecule has 3 rings (SSSR count). The molecular formula is C24H25NO6S. The first-order valence-electron chi connectivity index (χ1n) is 9.92. The maximum absolute atomic E-state index is 13.2. The van der Waals surface area contributed by atoms with Gasteiger partial charge in [-0.2, -0.15) is 11.8 Å². The first kappa shape index (κ1) is 23.6. The predicted molar refractivity (Wildman–Crippen MR) is 121 cm³/mol. The zero-order valence-corrected chi connectivity index (χ0v) is 18.9. The second kappa shape index (κ2) is 10.5. The Kier molecular flexibility index (Phi) is 7.71. The van der Waals surface area contributed by atoms with Gasteiger partial charge in [0.25, 0.3) is 0 Å². The number of nitrogens with one attached hydrogen (secondary N) is 1. The fourth-order valence-corrected chi connectivity index (χ4v) is 4.96. The van der Waals surface area contributed by atoms with E-state index >= 15 is 0 Å². The molecule has 0 unspecified atom stereocenters. The van der Waals surface area contributed by atoms with E-state index in [4.69, 9.17) is 14.2 Å². The molecule has 1 N–H and O–H groups in total. The third kappa shape index (κ3) is 4.56. The van der Waals surface area contributed by atoms with Crippen molar-refractivity contribution >= 4 is 29.7 Å². The lowest BCUT2D eigenvalue weighted by Crippen LogP contribution is -2.55. The minimum atomic E-state index is -1.59. The van der Waals surface area contributed by atoms with Gasteiger partial charge in [0.05, 0.1) is 38.5 Å². The molecule has 168 valence electrons. The molecule has 8 heteroatoms. The zero-order chi connectivity index (χ0) is 23.1. The molecule has 1 aliphatic rings. The lowest BCUT2D eigenvalue weighted by molar-refractivity contribution is -0.149. The zero-order valence-electron chi connectivity index (χ0n) is 18.1. The Balaban J connectivity index is 2.10. The van der Waals surface area contributed by atoms with E-state index in [0.717, 1.165) is 5.56 Å². The van der Waals surface area contributed by atoms with Gasteiger partial charge in [0.1, 0.15) is 0 Å². The standard InChI is InChI=1S/C24H25NO6S/c1-29-21(26)18-19(22(27)30-2)24(23(28)31-3,15-32-14-16-10-6-4-7-11-16)25-20(18)17-12-8-5-9-13-17/h4-13,20,25H,14-15H2,1-3H3/t20-,24-/m0/s1. The van der Waals surface area contributed by atoms with Crippen LogP contribution in [-0.2, 0) is 34.3 Å². The Morgan fingerprint density at radius 3 is 2.03 bits per heavy atom. The Morgan fingerprint density at radius 1 is 0.875 bits per heavy atom. The van der Waals surface area contributed by atoms with E-state index in [2.05, 4.69) is 5.32 Å². The second-order valence-electron chi connectivity index (χ2n) is 7.14. The number of ether oxygens (including phenoxy) is 3. The molecule has 0 saturated heterocycles. The van der Waals surface area contributed by atoms with Crippen LogP contribution in [0.5, 0.6) is 0 Å². The molecule has 0 aromatic heterocycles. The molecule has 0 bridgehead atoms. The van der Waals surface area contributed by atoms with Gasteiger partial charge in [0, 0.05) is 11.5 Å². The summed E-state index contributed by atoms with van der Waals surface area (Å²) in [5, 5.41) is 3.22. The Hall–Kier alpha value is -3.10. The van der Waals surface area contributed by atoms with Crippen LogP contribution in [0.3, 0.4) is 0 Å². The molecule has 7 nitrogen and oxygen atoms in total. The molecule has 2 aromatic carbocycles. The van der Waals surface area contributed by atoms with Gasteiger partial charge in [0.15, 0.2) is 5.54 Å². The highest BCUT2D eigenvalue weighted by Crippen LogP contribution is 2.42. The molecule has 1 aliphatic heterocycles. The first-order valence-corrected chi connectivity index (χ1v) is 11.1. The van der Waals surface area contributed by atoms with E-state index < -0.39 is 29.5 Å². The average molecular weight is 456 g/mol. The van der Waals surface area contributed by atoms with Crippen LogP contribution in [0.1, 0.15) is 17.2 Å². The van der Waals surface area contributed by atoms with Crippen molar-refractivity contribution in [3.05, 3.63) is 82.9 Å². The van der Waals surface area contributed by atoms with Gasteiger partial charge in [-0.15, -0.1) is 0 Å². The Bertz CT molecular complexity index is 1010. The monoisotopic (exact) mass is 455 g/mol. The number of benzene rings is 2. The van der Waals surface area contributed by atoms with Crippen molar-refractivity contribution in [1.29, 1.82) is 0 Å². The average Bonchev–Trinajstić information content (AvgIpc) is 3.20. The van der Waals surface area contributed by atoms with Crippen LogP contribution in [0.2, 0.25) is 0 Å². The number of carbonyl (C=O) groups is 3. The van der Waals surface area contributed by atoms with Gasteiger partial charge in [-0.05, 0) is 11.1 Å². The van der Waals surface area contributed by atoms with Crippen LogP contribution in [-0.4, -0.2) is 50.5 Å². The van der Waals surface area contributed by atoms with Crippen LogP contribution >= 0.6 is 11.8 Å². The fourth-order valence-electron chi connectivity index (χ4n) is 3.78. The molecule has 0 amide bonds. The van der Waals surface area contributed by atoms with E-state index in [1.165, 1.54) is 33.1 Å². The molecule has 2 atom stereocenters. The van der Waals surface area contributed by atoms with Gasteiger partial charge in [0.2, 0.25) is 0 Å². The molecule has 0 radical (unpaired) electrons. The van der Waals surface area contributed by atoms with Crippen LogP contribution in [0.15, 0.2) is 71.8 Å². The van der Waals surface area contributed by atoms with Crippen molar-refractivity contribution < 1.29 is 28.6 Å². The van der Waals surface area contributed by atoms with Gasteiger partial charge in [-0.3, -0.25) is 5.32 Å². The Labute approximate surface area is 191 Å². The van der Waals surface area contributed by atoms with E-state index in [1.54, 1.807) is 12.1 Å². The van der Waals surface area contributed by atoms with E-state index in [0.29, 0.717) is 11.3 Å². The summed E-state index contributed by atoms with van der Waals surface area (Å²) in [6.07, 6.45) is 0. The largest absolute Gasteiger partial charge is 0.467 e. The van der Waals surface area contributed by atoms with Crippen molar-refractivity contribution in [2.75, 3.05) is 27.1 Å². The number of hydrogen-bond acceptors (Lipinski definition) is 8. The third-order valence-corrected chi connectivity index (χ3v) is 6.44. The van der Waals surface area contributed by atoms with Gasteiger partial charge < -0.3 is 14.2 Å². The molecule has 0 saturated carbocycles. The van der Waals surface area contributed by atoms with Crippen molar-refractivity contribution in [1.82, 2.24) is 5.32 Å². The second-order valence-corrected chi connectivity index (χ2v) is 8.12. The number of esters is 3. The maximum Gasteiger partial charge on any atom is 0.336 e. The summed E-state index contributed by atoms with van der Waals surface area (Å²) >= 11 is 1.44. The normalized spacial score (nSPS) is 20.0. The van der Waals surface area contributed by atoms with E-state index in [1.807, 2.05) is 48.5 Å². The SMILES string of the molecule is COC(=O)C1=C(C(=O)OC)[C@@](CSCc2ccccc2)(C(=O)OC)N[C@H]1c1ccccc1. The highest BCUT2D eigenvalue weighted by molar-refractivity contribution is 7.98. The minimum absolute atomic E-state index is 0.0382. The molecule has 0 fully saturated rings. The maximum atomic E-state index is 13.2. The van der Waals surface area contributed by atoms with Gasteiger partial charge in [-0.1, -0.05) is 60.7 Å². The topological polar surface area (TPSA) is 90.9 Å². The molecule has 0 spiro atoms. The summed E-state index contributed by atoms with van der Waals surface area (Å²) in [7, 11) is 3.68. The summed E-state index contributed by atoms with van der Waals surface area (Å²) in [5.41, 5.74) is 0.120. The number of rotatable bonds is 8. The van der Waals surface area contributed by atoms with Crippen molar-refractivity contribution in [3.8, 4) is 0 Å². The summed E-state index contributed by atoms with van der Waals surface area (Å²) < 4.78 is 15.1. The van der Waals surface area contributed by atoms with Crippen molar-refractivity contribution in [2.45, 2.75) is 17.3 Å². The van der Waals surface area contributed by atoms with Crippen LogP contribution in [0, 0.1) is 0 Å². The van der Waals surface area contributed by atoms with Crippen LogP contribution in [0.4, 0.5) is 0 Å². The number of carbonyl (C=O) groups excluding carboxylic acids is 3. The lowest BCUT2D eigenvalue weighted by atomic mass is 9.90. The molecule has 2 aromatic rings. The molecule has 1 heterocycles. The van der Waals surface area contributed by atoms with Crippen LogP contribution < -0.4 is 5.32 Å². The molecule has 32 heavy (non-hydrogen) atoms. The smallest absolute Gasteiger partial charge is 0.336 e. The van der Waals surface area contributed by atoms with E-state index in [9.17, 15) is 14.4 Å². The van der Waals surface area contributed by atoms with Crippen molar-refractivity contribution in [2.24, 2.45) is 0 Å². The third-order valence-electron chi connectivity index (χ3n) is 5.27. The lowest BCUT2D eigenvalue weighted by Gasteiger charge is -2.30. The number of methoxy groups -OCH3 is 3. The minimum Gasteiger partial charge on any atom is -0.467 e. The number of hydrogen-bond donors (Lipinski definition) is 1. The van der Waals surface area contributed by atoms with Crippen LogP contribution in [0.25, 0.3) is 0 Å². The highest BCUT2D eigenvalue weighted by Gasteiger charge is 2.57. The summed E-state index contributed by atoms with van der Waals surface area (Å²) in [5.74, 6) is -1.45. The highest BCUT2D eigenvalue weighted by atomic mass is 32.2. The Morgan fingerprint density at radius 2 is 1.47 bits per heavy atom. The summed E-state index contributed by atoms with van der Waals surface area (Å²) in [4.78, 5) is 38.9. The van der Waals surface area contributed by atoms with Gasteiger partial charge >= 0.3 is 17.9 Å². The summed E-state index contributed by atoms with van der Waals surface area (Å²) in [6, 6.07) is 18.1. The first-order chi connectivity index (χ1) is 15.5. The molecular weight excluding hydrogens is 430 g/mol.